The van der Waals surface area contributed by atoms with Crippen molar-refractivity contribution in [2.24, 2.45) is 0 Å². The standard InChI is InChI=1S/C13H9FO3/c1-3-5-9-10(13(15)16)6-7-11(12(9)14)17-8-4-2/h2,6-7H,8H2,1H3,(H,15,16). The lowest BCUT2D eigenvalue weighted by atomic mass is 10.1. The maximum atomic E-state index is 13.8. The highest BCUT2D eigenvalue weighted by atomic mass is 19.1. The van der Waals surface area contributed by atoms with Gasteiger partial charge in [-0.05, 0) is 19.1 Å². The van der Waals surface area contributed by atoms with Gasteiger partial charge in [-0.15, -0.1) is 12.3 Å². The first-order chi connectivity index (χ1) is 8.11. The zero-order chi connectivity index (χ0) is 12.8. The Hall–Kier alpha value is -2.46. The van der Waals surface area contributed by atoms with E-state index in [-0.39, 0.29) is 23.5 Å². The van der Waals surface area contributed by atoms with E-state index in [0.717, 1.165) is 0 Å². The van der Waals surface area contributed by atoms with Gasteiger partial charge in [-0.25, -0.2) is 9.18 Å². The maximum Gasteiger partial charge on any atom is 0.337 e. The lowest BCUT2D eigenvalue weighted by Crippen LogP contribution is -2.05. The van der Waals surface area contributed by atoms with Gasteiger partial charge >= 0.3 is 5.97 Å². The Kier molecular flexibility index (Phi) is 4.14. The summed E-state index contributed by atoms with van der Waals surface area (Å²) in [5.41, 5.74) is -0.403. The second kappa shape index (κ2) is 5.58. The molecule has 3 nitrogen and oxygen atoms in total. The SMILES string of the molecule is C#CCOc1ccc(C(=O)O)c(C#CC)c1F. The smallest absolute Gasteiger partial charge is 0.337 e. The fourth-order valence-electron chi connectivity index (χ4n) is 1.21. The van der Waals surface area contributed by atoms with Crippen molar-refractivity contribution in [1.82, 2.24) is 0 Å². The molecule has 0 saturated heterocycles. The number of terminal acetylenes is 1. The highest BCUT2D eigenvalue weighted by Gasteiger charge is 2.17. The van der Waals surface area contributed by atoms with Gasteiger partial charge in [0, 0.05) is 0 Å². The summed E-state index contributed by atoms with van der Waals surface area (Å²) in [6, 6.07) is 2.45. The fourth-order valence-corrected chi connectivity index (χ4v) is 1.21. The van der Waals surface area contributed by atoms with Crippen LogP contribution in [0.15, 0.2) is 12.1 Å². The molecule has 1 aromatic carbocycles. The minimum Gasteiger partial charge on any atom is -0.478 e. The van der Waals surface area contributed by atoms with Crippen LogP contribution in [0.5, 0.6) is 5.75 Å². The molecule has 1 N–H and O–H groups in total. The van der Waals surface area contributed by atoms with Crippen molar-refractivity contribution in [2.45, 2.75) is 6.92 Å². The normalized spacial score (nSPS) is 8.76. The van der Waals surface area contributed by atoms with Crippen LogP contribution in [-0.4, -0.2) is 17.7 Å². The topological polar surface area (TPSA) is 46.5 Å². The van der Waals surface area contributed by atoms with Gasteiger partial charge in [0.15, 0.2) is 11.6 Å². The first kappa shape index (κ1) is 12.6. The van der Waals surface area contributed by atoms with E-state index >= 15 is 0 Å². The third-order valence-corrected chi connectivity index (χ3v) is 1.90. The molecule has 0 bridgehead atoms. The molecule has 0 radical (unpaired) electrons. The molecule has 0 aliphatic heterocycles. The lowest BCUT2D eigenvalue weighted by molar-refractivity contribution is 0.0696. The van der Waals surface area contributed by atoms with Crippen LogP contribution in [0, 0.1) is 30.0 Å². The van der Waals surface area contributed by atoms with Gasteiger partial charge in [0.1, 0.15) is 6.61 Å². The van der Waals surface area contributed by atoms with Crippen LogP contribution in [-0.2, 0) is 0 Å². The molecule has 0 atom stereocenters. The molecule has 0 fully saturated rings. The first-order valence-electron chi connectivity index (χ1n) is 4.66. The third kappa shape index (κ3) is 2.76. The number of halogens is 1. The van der Waals surface area contributed by atoms with Crippen LogP contribution in [0.4, 0.5) is 4.39 Å². The van der Waals surface area contributed by atoms with Crippen molar-refractivity contribution in [1.29, 1.82) is 0 Å². The van der Waals surface area contributed by atoms with E-state index in [1.165, 1.54) is 19.1 Å². The van der Waals surface area contributed by atoms with Crippen LogP contribution >= 0.6 is 0 Å². The number of ether oxygens (including phenoxy) is 1. The third-order valence-electron chi connectivity index (χ3n) is 1.90. The average molecular weight is 232 g/mol. The molecule has 1 aromatic rings. The quantitative estimate of drug-likeness (QED) is 0.810. The van der Waals surface area contributed by atoms with E-state index in [2.05, 4.69) is 17.8 Å². The van der Waals surface area contributed by atoms with Crippen molar-refractivity contribution in [3.63, 3.8) is 0 Å². The average Bonchev–Trinajstić information content (AvgIpc) is 2.30. The van der Waals surface area contributed by atoms with Gasteiger partial charge in [-0.3, -0.25) is 0 Å². The number of rotatable bonds is 3. The molecule has 0 saturated carbocycles. The molecule has 0 spiro atoms. The van der Waals surface area contributed by atoms with Gasteiger partial charge in [-0.2, -0.15) is 0 Å². The molecule has 86 valence electrons. The largest absolute Gasteiger partial charge is 0.478 e. The predicted molar refractivity (Wildman–Crippen MR) is 60.2 cm³/mol. The molecule has 0 unspecified atom stereocenters. The van der Waals surface area contributed by atoms with E-state index in [0.29, 0.717) is 0 Å². The first-order valence-corrected chi connectivity index (χ1v) is 4.66. The number of carboxylic acid groups (broad SMARTS) is 1. The Balaban J connectivity index is 3.32. The Morgan fingerprint density at radius 3 is 2.82 bits per heavy atom. The van der Waals surface area contributed by atoms with Crippen LogP contribution in [0.1, 0.15) is 22.8 Å². The zero-order valence-corrected chi connectivity index (χ0v) is 9.08. The Morgan fingerprint density at radius 2 is 2.29 bits per heavy atom. The second-order valence-electron chi connectivity index (χ2n) is 2.97. The maximum absolute atomic E-state index is 13.8. The molecule has 4 heteroatoms. The summed E-state index contributed by atoms with van der Waals surface area (Å²) in [7, 11) is 0. The zero-order valence-electron chi connectivity index (χ0n) is 9.08. The highest BCUT2D eigenvalue weighted by molar-refractivity contribution is 5.91. The highest BCUT2D eigenvalue weighted by Crippen LogP contribution is 2.23. The summed E-state index contributed by atoms with van der Waals surface area (Å²) in [6.45, 7) is 1.39. The number of carboxylic acids is 1. The van der Waals surface area contributed by atoms with Gasteiger partial charge in [0.2, 0.25) is 0 Å². The summed E-state index contributed by atoms with van der Waals surface area (Å²) in [5.74, 6) is 4.89. The Labute approximate surface area is 98.2 Å². The van der Waals surface area contributed by atoms with Gasteiger partial charge in [0.25, 0.3) is 0 Å². The summed E-state index contributed by atoms with van der Waals surface area (Å²) in [5, 5.41) is 8.88. The predicted octanol–water partition coefficient (Wildman–Crippen LogP) is 1.91. The van der Waals surface area contributed by atoms with Gasteiger partial charge in [0.05, 0.1) is 11.1 Å². The lowest BCUT2D eigenvalue weighted by Gasteiger charge is -2.07. The Morgan fingerprint density at radius 1 is 1.59 bits per heavy atom. The molecule has 0 aromatic heterocycles. The van der Waals surface area contributed by atoms with Crippen LogP contribution < -0.4 is 4.74 Å². The molecule has 17 heavy (non-hydrogen) atoms. The van der Waals surface area contributed by atoms with E-state index in [1.54, 1.807) is 0 Å². The van der Waals surface area contributed by atoms with E-state index in [4.69, 9.17) is 16.3 Å². The van der Waals surface area contributed by atoms with Crippen LogP contribution in [0.25, 0.3) is 0 Å². The van der Waals surface area contributed by atoms with E-state index in [1.807, 2.05) is 0 Å². The minimum atomic E-state index is -1.25. The van der Waals surface area contributed by atoms with Crippen LogP contribution in [0.3, 0.4) is 0 Å². The molecule has 0 aliphatic carbocycles. The molecule has 0 amide bonds. The molecule has 0 aliphatic rings. The fraction of sp³-hybridized carbons (Fsp3) is 0.154. The Bertz CT molecular complexity index is 544. The summed E-state index contributed by atoms with van der Waals surface area (Å²) in [4.78, 5) is 10.9. The van der Waals surface area contributed by atoms with Crippen molar-refractivity contribution in [2.75, 3.05) is 6.61 Å². The minimum absolute atomic E-state index is 0.0949. The summed E-state index contributed by atoms with van der Waals surface area (Å²) >= 11 is 0. The molecular formula is C13H9FO3. The second-order valence-corrected chi connectivity index (χ2v) is 2.97. The van der Waals surface area contributed by atoms with Crippen LogP contribution in [0.2, 0.25) is 0 Å². The number of benzene rings is 1. The number of aromatic carboxylic acids is 1. The van der Waals surface area contributed by atoms with Crippen molar-refractivity contribution < 1.29 is 19.0 Å². The van der Waals surface area contributed by atoms with Crippen molar-refractivity contribution in [3.05, 3.63) is 29.1 Å². The van der Waals surface area contributed by atoms with Gasteiger partial charge in [-0.1, -0.05) is 11.8 Å². The monoisotopic (exact) mass is 232 g/mol. The summed E-state index contributed by atoms with van der Waals surface area (Å²) in [6.07, 6.45) is 4.98. The van der Waals surface area contributed by atoms with E-state index in [9.17, 15) is 9.18 Å². The van der Waals surface area contributed by atoms with E-state index < -0.39 is 11.8 Å². The number of carbonyl (C=O) groups is 1. The molecule has 0 heterocycles. The summed E-state index contributed by atoms with van der Waals surface area (Å²) < 4.78 is 18.8. The van der Waals surface area contributed by atoms with Crippen molar-refractivity contribution in [3.8, 4) is 29.9 Å². The number of hydrogen-bond donors (Lipinski definition) is 1. The van der Waals surface area contributed by atoms with Crippen molar-refractivity contribution >= 4 is 5.97 Å². The van der Waals surface area contributed by atoms with Gasteiger partial charge < -0.3 is 9.84 Å². The molecular weight excluding hydrogens is 223 g/mol. The molecule has 1 rings (SSSR count). The number of hydrogen-bond acceptors (Lipinski definition) is 2.